The lowest BCUT2D eigenvalue weighted by molar-refractivity contribution is 0.103. The van der Waals surface area contributed by atoms with Gasteiger partial charge in [0.05, 0.1) is 13.2 Å². The zero-order valence-corrected chi connectivity index (χ0v) is 18.9. The summed E-state index contributed by atoms with van der Waals surface area (Å²) in [7, 11) is 0. The molecule has 4 heteroatoms. The van der Waals surface area contributed by atoms with Crippen molar-refractivity contribution in [1.29, 1.82) is 0 Å². The normalized spacial score (nSPS) is 10.5. The van der Waals surface area contributed by atoms with E-state index in [9.17, 15) is 9.59 Å². The highest BCUT2D eigenvalue weighted by atomic mass is 16.5. The molecule has 0 bridgehead atoms. The van der Waals surface area contributed by atoms with Crippen LogP contribution in [0.4, 0.5) is 0 Å². The van der Waals surface area contributed by atoms with Gasteiger partial charge in [0.2, 0.25) is 0 Å². The smallest absolute Gasteiger partial charge is 0.193 e. The Balaban J connectivity index is 1.16. The molecule has 0 atom stereocenters. The van der Waals surface area contributed by atoms with Crippen molar-refractivity contribution in [2.75, 3.05) is 13.2 Å². The van der Waals surface area contributed by atoms with Crippen LogP contribution in [0.1, 0.15) is 44.7 Å². The van der Waals surface area contributed by atoms with Crippen molar-refractivity contribution in [3.63, 3.8) is 0 Å². The van der Waals surface area contributed by atoms with Crippen LogP contribution >= 0.6 is 0 Å². The first-order valence-corrected chi connectivity index (χ1v) is 11.4. The predicted octanol–water partition coefficient (Wildman–Crippen LogP) is 6.39. The summed E-state index contributed by atoms with van der Waals surface area (Å²) in [6.45, 7) is 1.14. The van der Waals surface area contributed by atoms with Gasteiger partial charge in [-0.1, -0.05) is 60.7 Å². The molecular weight excluding hydrogens is 424 g/mol. The lowest BCUT2D eigenvalue weighted by Crippen LogP contribution is -2.04. The van der Waals surface area contributed by atoms with Gasteiger partial charge in [-0.2, -0.15) is 0 Å². The van der Waals surface area contributed by atoms with E-state index >= 15 is 0 Å². The van der Waals surface area contributed by atoms with Crippen LogP contribution in [0.15, 0.2) is 109 Å². The van der Waals surface area contributed by atoms with Crippen molar-refractivity contribution in [2.24, 2.45) is 0 Å². The lowest BCUT2D eigenvalue weighted by Gasteiger charge is -2.09. The molecule has 0 N–H and O–H groups in total. The number of ether oxygens (including phenoxy) is 2. The van der Waals surface area contributed by atoms with Gasteiger partial charge in [0.25, 0.3) is 0 Å². The molecule has 0 aromatic heterocycles. The molecule has 0 aliphatic rings. The topological polar surface area (TPSA) is 52.6 Å². The minimum absolute atomic E-state index is 0.00163. The van der Waals surface area contributed by atoms with E-state index in [2.05, 4.69) is 0 Å². The van der Waals surface area contributed by atoms with Crippen molar-refractivity contribution in [2.45, 2.75) is 12.8 Å². The summed E-state index contributed by atoms with van der Waals surface area (Å²) in [5.74, 6) is 1.48. The van der Waals surface area contributed by atoms with E-state index in [-0.39, 0.29) is 11.6 Å². The molecule has 0 amide bonds. The fraction of sp³-hybridized carbons (Fsp3) is 0.133. The van der Waals surface area contributed by atoms with Gasteiger partial charge in [-0.15, -0.1) is 0 Å². The van der Waals surface area contributed by atoms with Gasteiger partial charge in [-0.05, 0) is 61.4 Å². The summed E-state index contributed by atoms with van der Waals surface area (Å²) < 4.78 is 11.6. The monoisotopic (exact) mass is 450 g/mol. The molecule has 0 spiro atoms. The van der Waals surface area contributed by atoms with E-state index in [1.165, 1.54) is 0 Å². The largest absolute Gasteiger partial charge is 0.494 e. The molecule has 0 unspecified atom stereocenters. The molecule has 0 fully saturated rings. The molecule has 0 aliphatic carbocycles. The summed E-state index contributed by atoms with van der Waals surface area (Å²) in [5.41, 5.74) is 2.63. The van der Waals surface area contributed by atoms with Crippen molar-refractivity contribution in [1.82, 2.24) is 0 Å². The molecule has 0 heterocycles. The fourth-order valence-corrected chi connectivity index (χ4v) is 3.50. The van der Waals surface area contributed by atoms with Crippen LogP contribution in [0.25, 0.3) is 0 Å². The average molecular weight is 451 g/mol. The molecule has 34 heavy (non-hydrogen) atoms. The van der Waals surface area contributed by atoms with Crippen LogP contribution in [0, 0.1) is 0 Å². The Hall–Kier alpha value is -4.18. The second-order valence-corrected chi connectivity index (χ2v) is 7.84. The molecule has 4 rings (SSSR count). The highest BCUT2D eigenvalue weighted by Gasteiger charge is 2.09. The van der Waals surface area contributed by atoms with E-state index in [1.807, 2.05) is 84.9 Å². The molecule has 4 nitrogen and oxygen atoms in total. The Morgan fingerprint density at radius 3 is 1.12 bits per heavy atom. The highest BCUT2D eigenvalue weighted by molar-refractivity contribution is 6.09. The van der Waals surface area contributed by atoms with Gasteiger partial charge in [-0.3, -0.25) is 9.59 Å². The number of carbonyl (C=O) groups is 2. The number of benzene rings is 4. The molecule has 4 aromatic carbocycles. The van der Waals surface area contributed by atoms with Crippen molar-refractivity contribution < 1.29 is 19.1 Å². The summed E-state index contributed by atoms with van der Waals surface area (Å²) in [5, 5.41) is 0. The summed E-state index contributed by atoms with van der Waals surface area (Å²) in [6.07, 6.45) is 1.69. The van der Waals surface area contributed by atoms with Gasteiger partial charge < -0.3 is 9.47 Å². The number of rotatable bonds is 11. The number of hydrogen-bond acceptors (Lipinski definition) is 4. The van der Waals surface area contributed by atoms with Crippen LogP contribution in [-0.4, -0.2) is 24.8 Å². The fourth-order valence-electron chi connectivity index (χ4n) is 3.50. The minimum Gasteiger partial charge on any atom is -0.494 e. The third-order valence-electron chi connectivity index (χ3n) is 5.38. The Labute approximate surface area is 199 Å². The van der Waals surface area contributed by atoms with E-state index < -0.39 is 0 Å². The molecule has 0 saturated heterocycles. The molecule has 0 saturated carbocycles. The van der Waals surface area contributed by atoms with Gasteiger partial charge in [0.1, 0.15) is 11.5 Å². The maximum atomic E-state index is 12.5. The first-order chi connectivity index (χ1) is 16.7. The van der Waals surface area contributed by atoms with Crippen LogP contribution in [0.3, 0.4) is 0 Å². The first kappa shape index (κ1) is 23.0. The maximum absolute atomic E-state index is 12.5. The lowest BCUT2D eigenvalue weighted by atomic mass is 10.0. The van der Waals surface area contributed by atoms with Crippen molar-refractivity contribution >= 4 is 11.6 Å². The summed E-state index contributed by atoms with van der Waals surface area (Å²) in [4.78, 5) is 24.9. The van der Waals surface area contributed by atoms with E-state index in [0.717, 1.165) is 24.3 Å². The Kier molecular flexibility index (Phi) is 7.86. The third kappa shape index (κ3) is 6.20. The number of ketones is 2. The maximum Gasteiger partial charge on any atom is 0.193 e. The predicted molar refractivity (Wildman–Crippen MR) is 133 cm³/mol. The van der Waals surface area contributed by atoms with Crippen LogP contribution in [-0.2, 0) is 0 Å². The second-order valence-electron chi connectivity index (χ2n) is 7.84. The van der Waals surface area contributed by atoms with E-state index in [0.29, 0.717) is 35.5 Å². The SMILES string of the molecule is O=C(c1ccccc1)c1ccc(OCCCCOc2ccc(C(=O)c3ccccc3)cc2)cc1. The van der Waals surface area contributed by atoms with Gasteiger partial charge >= 0.3 is 0 Å². The van der Waals surface area contributed by atoms with Crippen molar-refractivity contribution in [3.8, 4) is 11.5 Å². The molecular formula is C30H26O4. The van der Waals surface area contributed by atoms with E-state index in [1.54, 1.807) is 24.3 Å². The summed E-state index contributed by atoms with van der Waals surface area (Å²) in [6, 6.07) is 32.9. The quantitative estimate of drug-likeness (QED) is 0.196. The molecule has 0 aliphatic heterocycles. The highest BCUT2D eigenvalue weighted by Crippen LogP contribution is 2.17. The summed E-state index contributed by atoms with van der Waals surface area (Å²) >= 11 is 0. The number of hydrogen-bond donors (Lipinski definition) is 0. The van der Waals surface area contributed by atoms with Crippen LogP contribution < -0.4 is 9.47 Å². The number of carbonyl (C=O) groups excluding carboxylic acids is 2. The Morgan fingerprint density at radius 2 is 0.765 bits per heavy atom. The van der Waals surface area contributed by atoms with Crippen LogP contribution in [0.5, 0.6) is 11.5 Å². The Morgan fingerprint density at radius 1 is 0.441 bits per heavy atom. The number of unbranched alkanes of at least 4 members (excludes halogenated alkanes) is 1. The zero-order chi connectivity index (χ0) is 23.6. The Bertz CT molecular complexity index is 1100. The molecule has 0 radical (unpaired) electrons. The third-order valence-corrected chi connectivity index (χ3v) is 5.38. The van der Waals surface area contributed by atoms with Gasteiger partial charge in [0, 0.05) is 22.3 Å². The van der Waals surface area contributed by atoms with E-state index in [4.69, 9.17) is 9.47 Å². The first-order valence-electron chi connectivity index (χ1n) is 11.4. The second kappa shape index (κ2) is 11.6. The molecule has 4 aromatic rings. The van der Waals surface area contributed by atoms with Crippen LogP contribution in [0.2, 0.25) is 0 Å². The van der Waals surface area contributed by atoms with Gasteiger partial charge in [0.15, 0.2) is 11.6 Å². The van der Waals surface area contributed by atoms with Gasteiger partial charge in [-0.25, -0.2) is 0 Å². The molecule has 170 valence electrons. The standard InChI is InChI=1S/C30H26O4/c31-29(23-9-3-1-4-10-23)25-13-17-27(18-14-25)33-21-7-8-22-34-28-19-15-26(16-20-28)30(32)24-11-5-2-6-12-24/h1-6,9-20H,7-8,21-22H2. The minimum atomic E-state index is 0.00163. The van der Waals surface area contributed by atoms with Crippen molar-refractivity contribution in [3.05, 3.63) is 131 Å². The average Bonchev–Trinajstić information content (AvgIpc) is 2.91. The zero-order valence-electron chi connectivity index (χ0n) is 18.9.